The largest absolute Gasteiger partial charge is 0.349 e. The fraction of sp³-hybridized carbons (Fsp3) is 0.368. The van der Waals surface area contributed by atoms with Crippen molar-refractivity contribution < 1.29 is 18.0 Å². The number of benzene rings is 1. The number of nitrogens with zero attached hydrogens (tertiary/aromatic N) is 2. The van der Waals surface area contributed by atoms with E-state index in [1.165, 1.54) is 13.1 Å². The molecule has 1 aliphatic rings. The molecule has 0 atom stereocenters. The summed E-state index contributed by atoms with van der Waals surface area (Å²) in [5, 5.41) is 4.69. The maximum absolute atomic E-state index is 12.5. The number of carbonyl (C=O) groups excluding carboxylic acids is 2. The minimum absolute atomic E-state index is 0.00402. The first kappa shape index (κ1) is 20.5. The van der Waals surface area contributed by atoms with Crippen molar-refractivity contribution in [2.75, 3.05) is 26.7 Å². The number of likely N-dealkylation sites (tertiary alicyclic amines) is 1. The molecule has 150 valence electrons. The van der Waals surface area contributed by atoms with E-state index < -0.39 is 10.0 Å². The molecule has 1 saturated heterocycles. The zero-order valence-electron chi connectivity index (χ0n) is 15.6. The van der Waals surface area contributed by atoms with Crippen LogP contribution >= 0.6 is 11.3 Å². The molecule has 0 aliphatic carbocycles. The van der Waals surface area contributed by atoms with Crippen LogP contribution in [0.4, 0.5) is 0 Å². The lowest BCUT2D eigenvalue weighted by Gasteiger charge is -2.33. The number of likely N-dealkylation sites (N-methyl/N-ethyl adjacent to an activating group) is 1. The molecular weight excluding hydrogens is 398 g/mol. The second-order valence-corrected chi connectivity index (χ2v) is 9.91. The Morgan fingerprint density at radius 2 is 1.82 bits per heavy atom. The highest BCUT2D eigenvalue weighted by atomic mass is 32.2. The summed E-state index contributed by atoms with van der Waals surface area (Å²) >= 11 is 1.13. The highest BCUT2D eigenvalue weighted by Gasteiger charge is 2.28. The van der Waals surface area contributed by atoms with Gasteiger partial charge in [0.1, 0.15) is 4.21 Å². The summed E-state index contributed by atoms with van der Waals surface area (Å²) in [6, 6.07) is 12.2. The molecule has 9 heteroatoms. The summed E-state index contributed by atoms with van der Waals surface area (Å²) in [5.41, 5.74) is 0.612. The van der Waals surface area contributed by atoms with Gasteiger partial charge in [0.2, 0.25) is 5.91 Å². The van der Waals surface area contributed by atoms with Gasteiger partial charge in [0, 0.05) is 31.7 Å². The SMILES string of the molecule is CN(CC(=O)N1CCC(NC(=O)c2ccccc2)CC1)S(=O)(=O)c1cccs1. The van der Waals surface area contributed by atoms with E-state index in [-0.39, 0.29) is 28.6 Å². The Morgan fingerprint density at radius 3 is 2.43 bits per heavy atom. The molecule has 0 spiro atoms. The number of hydrogen-bond acceptors (Lipinski definition) is 5. The molecule has 0 bridgehead atoms. The molecule has 0 unspecified atom stereocenters. The quantitative estimate of drug-likeness (QED) is 0.770. The van der Waals surface area contributed by atoms with Crippen LogP contribution in [-0.2, 0) is 14.8 Å². The van der Waals surface area contributed by atoms with E-state index in [2.05, 4.69) is 5.32 Å². The third-order valence-corrected chi connectivity index (χ3v) is 7.91. The zero-order chi connectivity index (χ0) is 20.1. The molecule has 2 aromatic rings. The number of sulfonamides is 1. The molecule has 0 radical (unpaired) electrons. The van der Waals surface area contributed by atoms with Crippen molar-refractivity contribution in [2.45, 2.75) is 23.1 Å². The molecule has 1 N–H and O–H groups in total. The number of carbonyl (C=O) groups is 2. The molecule has 2 heterocycles. The van der Waals surface area contributed by atoms with Gasteiger partial charge in [-0.1, -0.05) is 24.3 Å². The third-order valence-electron chi connectivity index (χ3n) is 4.74. The Bertz CT molecular complexity index is 906. The molecule has 28 heavy (non-hydrogen) atoms. The number of rotatable bonds is 6. The molecule has 0 saturated carbocycles. The number of nitrogens with one attached hydrogen (secondary N) is 1. The van der Waals surface area contributed by atoms with Gasteiger partial charge in [-0.05, 0) is 36.4 Å². The van der Waals surface area contributed by atoms with Crippen LogP contribution in [0.15, 0.2) is 52.1 Å². The summed E-state index contributed by atoms with van der Waals surface area (Å²) in [6.07, 6.45) is 1.29. The Morgan fingerprint density at radius 1 is 1.14 bits per heavy atom. The van der Waals surface area contributed by atoms with E-state index in [0.717, 1.165) is 15.6 Å². The maximum atomic E-state index is 12.5. The Hall–Kier alpha value is -2.23. The standard InChI is InChI=1S/C19H23N3O4S2/c1-21(28(25,26)18-8-5-13-27-18)14-17(23)22-11-9-16(10-12-22)20-19(24)15-6-3-2-4-7-15/h2-8,13,16H,9-12,14H2,1H3,(H,20,24). The minimum Gasteiger partial charge on any atom is -0.349 e. The second-order valence-electron chi connectivity index (χ2n) is 6.69. The van der Waals surface area contributed by atoms with Gasteiger partial charge in [-0.3, -0.25) is 9.59 Å². The molecule has 1 fully saturated rings. The monoisotopic (exact) mass is 421 g/mol. The fourth-order valence-electron chi connectivity index (χ4n) is 3.07. The van der Waals surface area contributed by atoms with Crippen molar-refractivity contribution in [2.24, 2.45) is 0 Å². The summed E-state index contributed by atoms with van der Waals surface area (Å²) in [7, 11) is -2.22. The van der Waals surface area contributed by atoms with Crippen molar-refractivity contribution in [3.05, 3.63) is 53.4 Å². The predicted molar refractivity (Wildman–Crippen MR) is 108 cm³/mol. The Kier molecular flexibility index (Phi) is 6.48. The first-order chi connectivity index (χ1) is 13.4. The van der Waals surface area contributed by atoms with Crippen LogP contribution in [0.5, 0.6) is 0 Å². The topological polar surface area (TPSA) is 86.8 Å². The van der Waals surface area contributed by atoms with Gasteiger partial charge in [-0.2, -0.15) is 4.31 Å². The number of piperidine rings is 1. The summed E-state index contributed by atoms with van der Waals surface area (Å²) in [5.74, 6) is -0.345. The molecule has 1 aliphatic heterocycles. The van der Waals surface area contributed by atoms with Gasteiger partial charge in [-0.15, -0.1) is 11.3 Å². The number of amides is 2. The van der Waals surface area contributed by atoms with Gasteiger partial charge in [0.05, 0.1) is 6.54 Å². The molecule has 1 aromatic carbocycles. The molecular formula is C19H23N3O4S2. The normalized spacial score (nSPS) is 15.6. The van der Waals surface area contributed by atoms with Gasteiger partial charge >= 0.3 is 0 Å². The smallest absolute Gasteiger partial charge is 0.252 e. The van der Waals surface area contributed by atoms with Gasteiger partial charge in [-0.25, -0.2) is 8.42 Å². The Balaban J connectivity index is 1.49. The van der Waals surface area contributed by atoms with Crippen LogP contribution in [0.3, 0.4) is 0 Å². The van der Waals surface area contributed by atoms with Crippen LogP contribution in [-0.4, -0.2) is 62.2 Å². The lowest BCUT2D eigenvalue weighted by molar-refractivity contribution is -0.132. The minimum atomic E-state index is -3.64. The number of hydrogen-bond donors (Lipinski definition) is 1. The second kappa shape index (κ2) is 8.85. The first-order valence-corrected chi connectivity index (χ1v) is 11.3. The highest BCUT2D eigenvalue weighted by Crippen LogP contribution is 2.20. The average Bonchev–Trinajstić information content (AvgIpc) is 3.25. The first-order valence-electron chi connectivity index (χ1n) is 9.01. The van der Waals surface area contributed by atoms with E-state index in [0.29, 0.717) is 31.5 Å². The maximum Gasteiger partial charge on any atom is 0.252 e. The van der Waals surface area contributed by atoms with Crippen LogP contribution < -0.4 is 5.32 Å². The molecule has 7 nitrogen and oxygen atoms in total. The third kappa shape index (κ3) is 4.78. The van der Waals surface area contributed by atoms with Crippen LogP contribution in [0.1, 0.15) is 23.2 Å². The lowest BCUT2D eigenvalue weighted by Crippen LogP contribution is -2.49. The molecule has 3 rings (SSSR count). The fourth-order valence-corrected chi connectivity index (χ4v) is 5.39. The van der Waals surface area contributed by atoms with E-state index in [1.807, 2.05) is 18.2 Å². The van der Waals surface area contributed by atoms with Crippen molar-refractivity contribution in [1.82, 2.24) is 14.5 Å². The Labute approximate surface area is 169 Å². The van der Waals surface area contributed by atoms with Crippen LogP contribution in [0, 0.1) is 0 Å². The number of thiophene rings is 1. The zero-order valence-corrected chi connectivity index (χ0v) is 17.2. The van der Waals surface area contributed by atoms with E-state index in [1.54, 1.807) is 28.5 Å². The van der Waals surface area contributed by atoms with Crippen molar-refractivity contribution in [3.8, 4) is 0 Å². The van der Waals surface area contributed by atoms with Crippen LogP contribution in [0.25, 0.3) is 0 Å². The molecule has 1 aromatic heterocycles. The van der Waals surface area contributed by atoms with Crippen LogP contribution in [0.2, 0.25) is 0 Å². The van der Waals surface area contributed by atoms with E-state index in [4.69, 9.17) is 0 Å². The van der Waals surface area contributed by atoms with Crippen molar-refractivity contribution in [1.29, 1.82) is 0 Å². The highest BCUT2D eigenvalue weighted by molar-refractivity contribution is 7.91. The van der Waals surface area contributed by atoms with Gasteiger partial charge < -0.3 is 10.2 Å². The van der Waals surface area contributed by atoms with Crippen molar-refractivity contribution in [3.63, 3.8) is 0 Å². The summed E-state index contributed by atoms with van der Waals surface area (Å²) < 4.78 is 26.2. The van der Waals surface area contributed by atoms with Crippen molar-refractivity contribution >= 4 is 33.2 Å². The van der Waals surface area contributed by atoms with Gasteiger partial charge in [0.15, 0.2) is 0 Å². The van der Waals surface area contributed by atoms with E-state index >= 15 is 0 Å². The summed E-state index contributed by atoms with van der Waals surface area (Å²) in [4.78, 5) is 26.4. The summed E-state index contributed by atoms with van der Waals surface area (Å²) in [6.45, 7) is 0.790. The lowest BCUT2D eigenvalue weighted by atomic mass is 10.0. The predicted octanol–water partition coefficient (Wildman–Crippen LogP) is 1.79. The van der Waals surface area contributed by atoms with E-state index in [9.17, 15) is 18.0 Å². The average molecular weight is 422 g/mol. The molecule has 2 amide bonds. The van der Waals surface area contributed by atoms with Gasteiger partial charge in [0.25, 0.3) is 15.9 Å².